The molecule has 9 heteroatoms. The van der Waals surface area contributed by atoms with E-state index < -0.39 is 6.04 Å². The topological polar surface area (TPSA) is 93.0 Å². The van der Waals surface area contributed by atoms with Crippen LogP contribution in [0, 0.1) is 0 Å². The summed E-state index contributed by atoms with van der Waals surface area (Å²) in [6, 6.07) is 6.49. The second kappa shape index (κ2) is 6.96. The van der Waals surface area contributed by atoms with Gasteiger partial charge in [-0.05, 0) is 35.9 Å². The number of piperazine rings is 1. The van der Waals surface area contributed by atoms with E-state index >= 15 is 0 Å². The van der Waals surface area contributed by atoms with Crippen molar-refractivity contribution in [2.45, 2.75) is 19.4 Å². The van der Waals surface area contributed by atoms with Crippen LogP contribution in [-0.2, 0) is 9.59 Å². The fraction of sp³-hybridized carbons (Fsp3) is 0.400. The Balaban J connectivity index is 1.79. The maximum atomic E-state index is 12.7. The lowest BCUT2D eigenvalue weighted by Gasteiger charge is -2.29. The van der Waals surface area contributed by atoms with Gasteiger partial charge in [0.2, 0.25) is 17.6 Å². The SMILES string of the molecule is CCC(C(=O)N1CCNC(=O)C1)n1nnc(-c2ccc(Cl)cc2)n1. The van der Waals surface area contributed by atoms with Gasteiger partial charge in [-0.15, -0.1) is 10.2 Å². The van der Waals surface area contributed by atoms with Crippen molar-refractivity contribution in [3.8, 4) is 11.4 Å². The van der Waals surface area contributed by atoms with Gasteiger partial charge in [0.05, 0.1) is 6.54 Å². The van der Waals surface area contributed by atoms with Gasteiger partial charge in [0.25, 0.3) is 0 Å². The molecule has 1 unspecified atom stereocenters. The second-order valence-corrected chi connectivity index (χ2v) is 5.91. The number of rotatable bonds is 4. The number of halogens is 1. The molecule has 126 valence electrons. The van der Waals surface area contributed by atoms with Crippen molar-refractivity contribution in [2.24, 2.45) is 0 Å². The number of tetrazole rings is 1. The molecule has 1 aliphatic rings. The van der Waals surface area contributed by atoms with Crippen LogP contribution in [0.1, 0.15) is 19.4 Å². The summed E-state index contributed by atoms with van der Waals surface area (Å²) in [6.45, 7) is 2.88. The van der Waals surface area contributed by atoms with E-state index in [2.05, 4.69) is 20.7 Å². The fourth-order valence-corrected chi connectivity index (χ4v) is 2.67. The molecule has 1 atom stereocenters. The van der Waals surface area contributed by atoms with Crippen LogP contribution >= 0.6 is 11.6 Å². The smallest absolute Gasteiger partial charge is 0.249 e. The van der Waals surface area contributed by atoms with Gasteiger partial charge in [-0.25, -0.2) is 0 Å². The summed E-state index contributed by atoms with van der Waals surface area (Å²) < 4.78 is 0. The Morgan fingerprint density at radius 2 is 2.12 bits per heavy atom. The average molecular weight is 349 g/mol. The number of hydrogen-bond acceptors (Lipinski definition) is 5. The van der Waals surface area contributed by atoms with Gasteiger partial charge in [-0.2, -0.15) is 4.80 Å². The van der Waals surface area contributed by atoms with Gasteiger partial charge in [0.15, 0.2) is 6.04 Å². The normalized spacial score (nSPS) is 15.9. The minimum Gasteiger partial charge on any atom is -0.353 e. The van der Waals surface area contributed by atoms with E-state index in [-0.39, 0.29) is 18.4 Å². The Hall–Kier alpha value is -2.48. The van der Waals surface area contributed by atoms with Crippen LogP contribution in [0.5, 0.6) is 0 Å². The molecule has 2 amide bonds. The molecule has 24 heavy (non-hydrogen) atoms. The van der Waals surface area contributed by atoms with Crippen molar-refractivity contribution in [3.05, 3.63) is 29.3 Å². The Morgan fingerprint density at radius 1 is 1.38 bits per heavy atom. The zero-order chi connectivity index (χ0) is 17.1. The van der Waals surface area contributed by atoms with E-state index in [1.54, 1.807) is 24.3 Å². The van der Waals surface area contributed by atoms with Crippen LogP contribution in [-0.4, -0.2) is 56.6 Å². The van der Waals surface area contributed by atoms with Gasteiger partial charge in [0, 0.05) is 23.7 Å². The maximum absolute atomic E-state index is 12.7. The van der Waals surface area contributed by atoms with Crippen LogP contribution in [0.15, 0.2) is 24.3 Å². The molecule has 1 saturated heterocycles. The number of carbonyl (C=O) groups excluding carboxylic acids is 2. The highest BCUT2D eigenvalue weighted by atomic mass is 35.5. The Bertz CT molecular complexity index is 745. The highest BCUT2D eigenvalue weighted by Gasteiger charge is 2.29. The molecule has 1 aromatic heterocycles. The second-order valence-electron chi connectivity index (χ2n) is 5.47. The van der Waals surface area contributed by atoms with E-state index in [1.165, 1.54) is 9.70 Å². The molecule has 0 aliphatic carbocycles. The van der Waals surface area contributed by atoms with Crippen molar-refractivity contribution < 1.29 is 9.59 Å². The lowest BCUT2D eigenvalue weighted by atomic mass is 10.2. The molecule has 1 fully saturated rings. The summed E-state index contributed by atoms with van der Waals surface area (Å²) in [4.78, 5) is 27.0. The molecule has 0 radical (unpaired) electrons. The van der Waals surface area contributed by atoms with Gasteiger partial charge in [-0.1, -0.05) is 18.5 Å². The predicted molar refractivity (Wildman–Crippen MR) is 87.2 cm³/mol. The number of nitrogens with one attached hydrogen (secondary N) is 1. The largest absolute Gasteiger partial charge is 0.353 e. The fourth-order valence-electron chi connectivity index (χ4n) is 2.55. The molecular weight excluding hydrogens is 332 g/mol. The van der Waals surface area contributed by atoms with E-state index in [0.717, 1.165) is 5.56 Å². The third-order valence-electron chi connectivity index (χ3n) is 3.83. The minimum atomic E-state index is -0.579. The number of nitrogens with zero attached hydrogens (tertiary/aromatic N) is 5. The van der Waals surface area contributed by atoms with Crippen LogP contribution in [0.3, 0.4) is 0 Å². The Labute approximate surface area is 143 Å². The highest BCUT2D eigenvalue weighted by molar-refractivity contribution is 6.30. The number of amides is 2. The summed E-state index contributed by atoms with van der Waals surface area (Å²) in [5.74, 6) is 0.0968. The van der Waals surface area contributed by atoms with Crippen molar-refractivity contribution >= 4 is 23.4 Å². The zero-order valence-electron chi connectivity index (χ0n) is 13.1. The van der Waals surface area contributed by atoms with Crippen molar-refractivity contribution in [3.63, 3.8) is 0 Å². The van der Waals surface area contributed by atoms with Gasteiger partial charge < -0.3 is 10.2 Å². The molecule has 3 rings (SSSR count). The van der Waals surface area contributed by atoms with E-state index in [1.807, 2.05) is 6.92 Å². The summed E-state index contributed by atoms with van der Waals surface area (Å²) >= 11 is 5.87. The van der Waals surface area contributed by atoms with Gasteiger partial charge in [0.1, 0.15) is 0 Å². The van der Waals surface area contributed by atoms with Crippen LogP contribution in [0.2, 0.25) is 5.02 Å². The van der Waals surface area contributed by atoms with Crippen molar-refractivity contribution in [1.29, 1.82) is 0 Å². The first kappa shape index (κ1) is 16.4. The van der Waals surface area contributed by atoms with E-state index in [0.29, 0.717) is 30.4 Å². The average Bonchev–Trinajstić information content (AvgIpc) is 3.06. The zero-order valence-corrected chi connectivity index (χ0v) is 13.9. The molecule has 2 heterocycles. The number of aromatic nitrogens is 4. The molecular formula is C15H17ClN6O2. The maximum Gasteiger partial charge on any atom is 0.249 e. The first-order chi connectivity index (χ1) is 11.6. The summed E-state index contributed by atoms with van der Waals surface area (Å²) in [7, 11) is 0. The van der Waals surface area contributed by atoms with E-state index in [4.69, 9.17) is 11.6 Å². The van der Waals surface area contributed by atoms with Gasteiger partial charge >= 0.3 is 0 Å². The molecule has 2 aromatic rings. The van der Waals surface area contributed by atoms with E-state index in [9.17, 15) is 9.59 Å². The summed E-state index contributed by atoms with van der Waals surface area (Å²) in [5, 5.41) is 15.7. The number of carbonyl (C=O) groups is 2. The summed E-state index contributed by atoms with van der Waals surface area (Å²) in [6.07, 6.45) is 0.507. The Kier molecular flexibility index (Phi) is 4.75. The van der Waals surface area contributed by atoms with Crippen molar-refractivity contribution in [2.75, 3.05) is 19.6 Å². The third-order valence-corrected chi connectivity index (χ3v) is 4.08. The minimum absolute atomic E-state index is 0.0636. The first-order valence-corrected chi connectivity index (χ1v) is 8.07. The third kappa shape index (κ3) is 3.38. The van der Waals surface area contributed by atoms with Crippen LogP contribution < -0.4 is 5.32 Å². The molecule has 1 aliphatic heterocycles. The van der Waals surface area contributed by atoms with Crippen LogP contribution in [0.4, 0.5) is 0 Å². The highest BCUT2D eigenvalue weighted by Crippen LogP contribution is 2.19. The van der Waals surface area contributed by atoms with Crippen molar-refractivity contribution in [1.82, 2.24) is 30.4 Å². The molecule has 0 bridgehead atoms. The Morgan fingerprint density at radius 3 is 2.79 bits per heavy atom. The quantitative estimate of drug-likeness (QED) is 0.886. The lowest BCUT2D eigenvalue weighted by Crippen LogP contribution is -2.51. The molecule has 0 saturated carbocycles. The number of hydrogen-bond donors (Lipinski definition) is 1. The van der Waals surface area contributed by atoms with Gasteiger partial charge in [-0.3, -0.25) is 9.59 Å². The first-order valence-electron chi connectivity index (χ1n) is 7.69. The predicted octanol–water partition coefficient (Wildman–Crippen LogP) is 0.903. The lowest BCUT2D eigenvalue weighted by molar-refractivity contribution is -0.141. The monoisotopic (exact) mass is 348 g/mol. The molecule has 0 spiro atoms. The molecule has 1 N–H and O–H groups in total. The standard InChI is InChI=1S/C15H17ClN6O2/c1-2-12(15(24)21-8-7-17-13(23)9-21)22-19-14(18-20-22)10-3-5-11(16)6-4-10/h3-6,12H,2,7-9H2,1H3,(H,17,23). The summed E-state index contributed by atoms with van der Waals surface area (Å²) in [5.41, 5.74) is 0.769. The molecule has 1 aromatic carbocycles. The van der Waals surface area contributed by atoms with Crippen LogP contribution in [0.25, 0.3) is 11.4 Å². The number of benzene rings is 1. The molecule has 8 nitrogen and oxygen atoms in total.